The summed E-state index contributed by atoms with van der Waals surface area (Å²) in [6.07, 6.45) is 12.4. The fourth-order valence-electron chi connectivity index (χ4n) is 5.33. The summed E-state index contributed by atoms with van der Waals surface area (Å²) in [5.74, 6) is 0.954. The summed E-state index contributed by atoms with van der Waals surface area (Å²) in [7, 11) is 0. The van der Waals surface area contributed by atoms with Gasteiger partial charge >= 0.3 is 0 Å². The molecule has 1 heterocycles. The summed E-state index contributed by atoms with van der Waals surface area (Å²) in [6.45, 7) is 5.24. The average molecular weight is 409 g/mol. The third-order valence-electron chi connectivity index (χ3n) is 7.33. The second kappa shape index (κ2) is 9.36. The van der Waals surface area contributed by atoms with Gasteiger partial charge in [0.2, 0.25) is 5.91 Å². The Kier molecular flexibility index (Phi) is 6.60. The van der Waals surface area contributed by atoms with Gasteiger partial charge in [-0.25, -0.2) is 0 Å². The number of benzene rings is 1. The van der Waals surface area contributed by atoms with Crippen LogP contribution in [-0.2, 0) is 9.59 Å². The minimum atomic E-state index is -0.476. The van der Waals surface area contributed by atoms with Gasteiger partial charge in [-0.2, -0.15) is 0 Å². The highest BCUT2D eigenvalue weighted by Gasteiger charge is 2.43. The molecule has 0 radical (unpaired) electrons. The van der Waals surface area contributed by atoms with Crippen LogP contribution in [0.3, 0.4) is 0 Å². The fraction of sp³-hybridized carbons (Fsp3) is 0.615. The van der Waals surface area contributed by atoms with Crippen LogP contribution >= 0.6 is 0 Å². The second-order valence-electron chi connectivity index (χ2n) is 9.64. The zero-order valence-electron chi connectivity index (χ0n) is 18.6. The fourth-order valence-corrected chi connectivity index (χ4v) is 5.33. The lowest BCUT2D eigenvalue weighted by molar-refractivity contribution is -0.159. The molecular weight excluding hydrogens is 372 g/mol. The maximum Gasteiger partial charge on any atom is 0.250 e. The summed E-state index contributed by atoms with van der Waals surface area (Å²) in [5, 5.41) is 0. The van der Waals surface area contributed by atoms with Crippen LogP contribution in [-0.4, -0.2) is 40.7 Å². The van der Waals surface area contributed by atoms with Crippen molar-refractivity contribution in [3.63, 3.8) is 0 Å². The molecule has 0 unspecified atom stereocenters. The predicted octanol–water partition coefficient (Wildman–Crippen LogP) is 5.18. The van der Waals surface area contributed by atoms with Crippen LogP contribution in [0, 0.1) is 12.8 Å². The van der Waals surface area contributed by atoms with Gasteiger partial charge in [0.25, 0.3) is 5.91 Å². The molecule has 1 saturated carbocycles. The van der Waals surface area contributed by atoms with E-state index in [1.807, 2.05) is 21.9 Å². The van der Waals surface area contributed by atoms with Gasteiger partial charge in [-0.15, -0.1) is 0 Å². The smallest absolute Gasteiger partial charge is 0.250 e. The van der Waals surface area contributed by atoms with Crippen LogP contribution < -0.4 is 0 Å². The first kappa shape index (κ1) is 21.1. The van der Waals surface area contributed by atoms with E-state index in [1.165, 1.54) is 24.0 Å². The van der Waals surface area contributed by atoms with E-state index >= 15 is 0 Å². The highest BCUT2D eigenvalue weighted by atomic mass is 16.2. The van der Waals surface area contributed by atoms with E-state index < -0.39 is 6.04 Å². The molecule has 0 spiro atoms. The average Bonchev–Trinajstić information content (AvgIpc) is 2.76. The van der Waals surface area contributed by atoms with Crippen LogP contribution in [0.4, 0.5) is 0 Å². The Labute approximate surface area is 181 Å². The van der Waals surface area contributed by atoms with E-state index in [-0.39, 0.29) is 24.4 Å². The number of rotatable bonds is 5. The largest absolute Gasteiger partial charge is 0.328 e. The minimum Gasteiger partial charge on any atom is -0.328 e. The number of hydrogen-bond acceptors (Lipinski definition) is 2. The topological polar surface area (TPSA) is 40.6 Å². The van der Waals surface area contributed by atoms with Crippen LogP contribution in [0.15, 0.2) is 35.9 Å². The molecule has 4 rings (SSSR count). The van der Waals surface area contributed by atoms with Crippen molar-refractivity contribution in [2.45, 2.75) is 83.7 Å². The van der Waals surface area contributed by atoms with Gasteiger partial charge in [-0.05, 0) is 76.2 Å². The van der Waals surface area contributed by atoms with Gasteiger partial charge < -0.3 is 9.80 Å². The number of allylic oxidation sites excluding steroid dienone is 1. The van der Waals surface area contributed by atoms with Gasteiger partial charge in [-0.3, -0.25) is 9.59 Å². The van der Waals surface area contributed by atoms with Crippen molar-refractivity contribution in [2.24, 2.45) is 5.92 Å². The molecule has 30 heavy (non-hydrogen) atoms. The van der Waals surface area contributed by atoms with E-state index in [4.69, 9.17) is 0 Å². The number of aryl methyl sites for hydroxylation is 1. The quantitative estimate of drug-likeness (QED) is 0.630. The Morgan fingerprint density at radius 3 is 2.40 bits per heavy atom. The Hall–Kier alpha value is -2.10. The normalized spacial score (nSPS) is 27.9. The van der Waals surface area contributed by atoms with Crippen molar-refractivity contribution in [2.75, 3.05) is 13.1 Å². The van der Waals surface area contributed by atoms with E-state index in [2.05, 4.69) is 32.1 Å². The van der Waals surface area contributed by atoms with Crippen LogP contribution in [0.25, 0.3) is 0 Å². The first-order chi connectivity index (χ1) is 14.5. The van der Waals surface area contributed by atoms with Crippen LogP contribution in [0.5, 0.6) is 0 Å². The highest BCUT2D eigenvalue weighted by molar-refractivity contribution is 5.95. The summed E-state index contributed by atoms with van der Waals surface area (Å²) in [5.41, 5.74) is 3.57. The van der Waals surface area contributed by atoms with Crippen LogP contribution in [0.2, 0.25) is 0 Å². The molecule has 1 aromatic rings. The number of hydrogen-bond donors (Lipinski definition) is 0. The third-order valence-corrected chi connectivity index (χ3v) is 7.33. The molecule has 1 atom stereocenters. The monoisotopic (exact) mass is 408 g/mol. The Balaban J connectivity index is 1.57. The van der Waals surface area contributed by atoms with Crippen molar-refractivity contribution in [3.8, 4) is 0 Å². The van der Waals surface area contributed by atoms with E-state index in [9.17, 15) is 9.59 Å². The molecule has 1 aliphatic heterocycles. The minimum absolute atomic E-state index is 0.107. The highest BCUT2D eigenvalue weighted by Crippen LogP contribution is 2.34. The third kappa shape index (κ3) is 4.63. The molecule has 4 heteroatoms. The molecule has 1 saturated heterocycles. The molecule has 2 amide bonds. The molecule has 3 aliphatic rings. The lowest BCUT2D eigenvalue weighted by Crippen LogP contribution is -2.58. The summed E-state index contributed by atoms with van der Waals surface area (Å²) in [6, 6.07) is 7.91. The van der Waals surface area contributed by atoms with Gasteiger partial charge in [0, 0.05) is 12.6 Å². The molecular formula is C26H36N2O2. The standard InChI is InChI=1S/C26H36N2O2/c1-19-8-12-22(13-9-19)25-26(30)28(23-14-10-20(2)11-15-23)18-24(29)27(25)17-16-21-6-4-3-5-7-21/h6,8-9,12-13,20,23,25H,3-5,7,10-11,14-18H2,1-2H3/t20?,23?,25-/m1/s1. The number of piperazine rings is 1. The molecule has 4 nitrogen and oxygen atoms in total. The molecule has 0 aromatic heterocycles. The predicted molar refractivity (Wildman–Crippen MR) is 120 cm³/mol. The zero-order chi connectivity index (χ0) is 21.1. The number of carbonyl (C=O) groups is 2. The van der Waals surface area contributed by atoms with Crippen LogP contribution in [0.1, 0.15) is 81.9 Å². The molecule has 1 aromatic carbocycles. The zero-order valence-corrected chi connectivity index (χ0v) is 18.6. The SMILES string of the molecule is Cc1ccc([C@@H]2C(=O)N(C3CCC(C)CC3)CC(=O)N2CCC2=CCCCC2)cc1. The second-order valence-corrected chi connectivity index (χ2v) is 9.64. The van der Waals surface area contributed by atoms with Crippen molar-refractivity contribution < 1.29 is 9.59 Å². The van der Waals surface area contributed by atoms with Crippen molar-refractivity contribution in [3.05, 3.63) is 47.0 Å². The number of carbonyl (C=O) groups excluding carboxylic acids is 2. The summed E-state index contributed by atoms with van der Waals surface area (Å²) < 4.78 is 0. The summed E-state index contributed by atoms with van der Waals surface area (Å²) >= 11 is 0. The summed E-state index contributed by atoms with van der Waals surface area (Å²) in [4.78, 5) is 30.8. The molecule has 2 fully saturated rings. The van der Waals surface area contributed by atoms with E-state index in [1.54, 1.807) is 0 Å². The Bertz CT molecular complexity index is 790. The Morgan fingerprint density at radius 1 is 1.00 bits per heavy atom. The first-order valence-electron chi connectivity index (χ1n) is 11.9. The Morgan fingerprint density at radius 2 is 1.73 bits per heavy atom. The van der Waals surface area contributed by atoms with Crippen molar-refractivity contribution in [1.82, 2.24) is 9.80 Å². The van der Waals surface area contributed by atoms with E-state index in [0.29, 0.717) is 6.54 Å². The van der Waals surface area contributed by atoms with E-state index in [0.717, 1.165) is 56.4 Å². The molecule has 0 bridgehead atoms. The first-order valence-corrected chi connectivity index (χ1v) is 11.9. The van der Waals surface area contributed by atoms with Crippen molar-refractivity contribution in [1.29, 1.82) is 0 Å². The molecule has 0 N–H and O–H groups in total. The maximum absolute atomic E-state index is 13.7. The molecule has 162 valence electrons. The van der Waals surface area contributed by atoms with Gasteiger partial charge in [-0.1, -0.05) is 48.4 Å². The van der Waals surface area contributed by atoms with Gasteiger partial charge in [0.1, 0.15) is 12.6 Å². The van der Waals surface area contributed by atoms with Gasteiger partial charge in [0.05, 0.1) is 0 Å². The van der Waals surface area contributed by atoms with Gasteiger partial charge in [0.15, 0.2) is 0 Å². The number of amides is 2. The lowest BCUT2D eigenvalue weighted by Gasteiger charge is -2.45. The van der Waals surface area contributed by atoms with Crippen molar-refractivity contribution >= 4 is 11.8 Å². The maximum atomic E-state index is 13.7. The molecule has 2 aliphatic carbocycles. The number of nitrogens with zero attached hydrogens (tertiary/aromatic N) is 2. The lowest BCUT2D eigenvalue weighted by atomic mass is 9.85.